The zero-order chi connectivity index (χ0) is 10.8. The third-order valence-electron chi connectivity index (χ3n) is 2.21. The molecule has 1 aromatic heterocycles. The Hall–Kier alpha value is -1.29. The molecular formula is C11H12BrN3. The first-order valence-electron chi connectivity index (χ1n) is 4.80. The largest absolute Gasteiger partial charge is 0.396 e. The average Bonchev–Trinajstić information content (AvgIpc) is 2.23. The van der Waals surface area contributed by atoms with Gasteiger partial charge in [0.1, 0.15) is 0 Å². The lowest BCUT2D eigenvalue weighted by molar-refractivity contribution is 1.21. The van der Waals surface area contributed by atoms with E-state index in [0.29, 0.717) is 5.69 Å². The van der Waals surface area contributed by atoms with Gasteiger partial charge in [-0.2, -0.15) is 0 Å². The fraction of sp³-hybridized carbons (Fsp3) is 0.182. The SMILES string of the molecule is CCNc1c(N)cnc2ccc(Br)cc12. The maximum Gasteiger partial charge on any atom is 0.0743 e. The average molecular weight is 266 g/mol. The van der Waals surface area contributed by atoms with E-state index in [1.807, 2.05) is 25.1 Å². The molecule has 1 heterocycles. The molecule has 0 atom stereocenters. The number of benzene rings is 1. The van der Waals surface area contributed by atoms with Crippen LogP contribution in [-0.2, 0) is 0 Å². The molecule has 0 unspecified atom stereocenters. The number of fused-ring (bicyclic) bond motifs is 1. The normalized spacial score (nSPS) is 10.5. The van der Waals surface area contributed by atoms with E-state index in [9.17, 15) is 0 Å². The van der Waals surface area contributed by atoms with Gasteiger partial charge in [-0.05, 0) is 25.1 Å². The van der Waals surface area contributed by atoms with Crippen molar-refractivity contribution in [3.8, 4) is 0 Å². The standard InChI is InChI=1S/C11H12BrN3/c1-2-14-11-8-5-7(12)3-4-10(8)15-6-9(11)13/h3-6H,2,13H2,1H3,(H,14,15). The molecule has 0 aliphatic carbocycles. The number of hydrogen-bond donors (Lipinski definition) is 2. The molecular weight excluding hydrogens is 254 g/mol. The topological polar surface area (TPSA) is 50.9 Å². The maximum absolute atomic E-state index is 5.88. The Balaban J connectivity index is 2.72. The molecule has 0 saturated heterocycles. The second kappa shape index (κ2) is 4.06. The van der Waals surface area contributed by atoms with Gasteiger partial charge in [0, 0.05) is 16.4 Å². The summed E-state index contributed by atoms with van der Waals surface area (Å²) in [6.07, 6.45) is 1.69. The van der Waals surface area contributed by atoms with Gasteiger partial charge in [0.25, 0.3) is 0 Å². The Kier molecular flexibility index (Phi) is 2.77. The Bertz CT molecular complexity index is 491. The molecule has 1 aromatic carbocycles. The zero-order valence-electron chi connectivity index (χ0n) is 8.42. The minimum absolute atomic E-state index is 0.683. The van der Waals surface area contributed by atoms with E-state index in [2.05, 4.69) is 26.2 Å². The number of nitrogens with zero attached hydrogens (tertiary/aromatic N) is 1. The molecule has 2 aromatic rings. The van der Waals surface area contributed by atoms with Gasteiger partial charge >= 0.3 is 0 Å². The predicted molar refractivity (Wildman–Crippen MR) is 68.0 cm³/mol. The molecule has 0 aliphatic heterocycles. The van der Waals surface area contributed by atoms with Crippen molar-refractivity contribution in [1.29, 1.82) is 0 Å². The number of nitrogens with one attached hydrogen (secondary N) is 1. The third-order valence-corrected chi connectivity index (χ3v) is 2.71. The molecule has 0 aliphatic rings. The predicted octanol–water partition coefficient (Wildman–Crippen LogP) is 3.01. The summed E-state index contributed by atoms with van der Waals surface area (Å²) in [6.45, 7) is 2.89. The van der Waals surface area contributed by atoms with Gasteiger partial charge in [-0.15, -0.1) is 0 Å². The first-order valence-corrected chi connectivity index (χ1v) is 5.59. The smallest absolute Gasteiger partial charge is 0.0743 e. The number of hydrogen-bond acceptors (Lipinski definition) is 3. The summed E-state index contributed by atoms with van der Waals surface area (Å²) < 4.78 is 1.03. The van der Waals surface area contributed by atoms with Crippen LogP contribution in [0.3, 0.4) is 0 Å². The van der Waals surface area contributed by atoms with Crippen molar-refractivity contribution in [3.63, 3.8) is 0 Å². The highest BCUT2D eigenvalue weighted by molar-refractivity contribution is 9.10. The minimum Gasteiger partial charge on any atom is -0.396 e. The Morgan fingerprint density at radius 3 is 3.00 bits per heavy atom. The number of rotatable bonds is 2. The molecule has 0 radical (unpaired) electrons. The zero-order valence-corrected chi connectivity index (χ0v) is 10.0. The lowest BCUT2D eigenvalue weighted by atomic mass is 10.1. The van der Waals surface area contributed by atoms with Crippen LogP contribution in [0.1, 0.15) is 6.92 Å². The van der Waals surface area contributed by atoms with E-state index in [1.54, 1.807) is 6.20 Å². The van der Waals surface area contributed by atoms with Crippen LogP contribution in [0.2, 0.25) is 0 Å². The summed E-state index contributed by atoms with van der Waals surface area (Å²) in [5, 5.41) is 4.31. The molecule has 0 saturated carbocycles. The number of nitrogen functional groups attached to an aromatic ring is 1. The number of aromatic nitrogens is 1. The van der Waals surface area contributed by atoms with Crippen LogP contribution in [0, 0.1) is 0 Å². The van der Waals surface area contributed by atoms with Crippen molar-refractivity contribution in [1.82, 2.24) is 4.98 Å². The number of halogens is 1. The summed E-state index contributed by atoms with van der Waals surface area (Å²) in [5.74, 6) is 0. The van der Waals surface area contributed by atoms with Crippen LogP contribution < -0.4 is 11.1 Å². The van der Waals surface area contributed by atoms with Crippen LogP contribution in [0.15, 0.2) is 28.9 Å². The summed E-state index contributed by atoms with van der Waals surface area (Å²) >= 11 is 3.45. The van der Waals surface area contributed by atoms with Crippen LogP contribution in [0.4, 0.5) is 11.4 Å². The summed E-state index contributed by atoms with van der Waals surface area (Å²) in [5.41, 5.74) is 8.47. The molecule has 3 nitrogen and oxygen atoms in total. The number of pyridine rings is 1. The van der Waals surface area contributed by atoms with Crippen LogP contribution in [-0.4, -0.2) is 11.5 Å². The van der Waals surface area contributed by atoms with E-state index < -0.39 is 0 Å². The quantitative estimate of drug-likeness (QED) is 0.878. The summed E-state index contributed by atoms with van der Waals surface area (Å²) in [7, 11) is 0. The van der Waals surface area contributed by atoms with Gasteiger partial charge in [-0.1, -0.05) is 15.9 Å². The molecule has 4 heteroatoms. The second-order valence-corrected chi connectivity index (χ2v) is 4.20. The Labute approximate surface area is 96.8 Å². The fourth-order valence-electron chi connectivity index (χ4n) is 1.55. The van der Waals surface area contributed by atoms with Crippen molar-refractivity contribution in [2.24, 2.45) is 0 Å². The molecule has 0 bridgehead atoms. The van der Waals surface area contributed by atoms with Gasteiger partial charge in [-0.25, -0.2) is 0 Å². The number of anilines is 2. The van der Waals surface area contributed by atoms with E-state index in [0.717, 1.165) is 27.6 Å². The molecule has 15 heavy (non-hydrogen) atoms. The van der Waals surface area contributed by atoms with E-state index in [-0.39, 0.29) is 0 Å². The molecule has 0 amide bonds. The number of nitrogens with two attached hydrogens (primary N) is 1. The van der Waals surface area contributed by atoms with Crippen molar-refractivity contribution >= 4 is 38.2 Å². The molecule has 0 fully saturated rings. The molecule has 3 N–H and O–H groups in total. The van der Waals surface area contributed by atoms with E-state index >= 15 is 0 Å². The van der Waals surface area contributed by atoms with Crippen molar-refractivity contribution in [2.75, 3.05) is 17.6 Å². The van der Waals surface area contributed by atoms with E-state index in [4.69, 9.17) is 5.73 Å². The van der Waals surface area contributed by atoms with Crippen molar-refractivity contribution in [2.45, 2.75) is 6.92 Å². The molecule has 78 valence electrons. The highest BCUT2D eigenvalue weighted by Crippen LogP contribution is 2.29. The first-order chi connectivity index (χ1) is 7.22. The Morgan fingerprint density at radius 2 is 2.27 bits per heavy atom. The molecule has 2 rings (SSSR count). The third kappa shape index (κ3) is 1.90. The van der Waals surface area contributed by atoms with E-state index in [1.165, 1.54) is 0 Å². The van der Waals surface area contributed by atoms with Crippen LogP contribution in [0.25, 0.3) is 10.9 Å². The van der Waals surface area contributed by atoms with Gasteiger partial charge in [-0.3, -0.25) is 4.98 Å². The van der Waals surface area contributed by atoms with Gasteiger partial charge < -0.3 is 11.1 Å². The first kappa shape index (κ1) is 10.2. The fourth-order valence-corrected chi connectivity index (χ4v) is 1.92. The minimum atomic E-state index is 0.683. The van der Waals surface area contributed by atoms with Crippen LogP contribution in [0.5, 0.6) is 0 Å². The van der Waals surface area contributed by atoms with Crippen LogP contribution >= 0.6 is 15.9 Å². The monoisotopic (exact) mass is 265 g/mol. The second-order valence-electron chi connectivity index (χ2n) is 3.28. The van der Waals surface area contributed by atoms with Gasteiger partial charge in [0.15, 0.2) is 0 Å². The van der Waals surface area contributed by atoms with Gasteiger partial charge in [0.2, 0.25) is 0 Å². The maximum atomic E-state index is 5.88. The highest BCUT2D eigenvalue weighted by atomic mass is 79.9. The lowest BCUT2D eigenvalue weighted by Gasteiger charge is -2.10. The van der Waals surface area contributed by atoms with Gasteiger partial charge in [0.05, 0.1) is 23.1 Å². The van der Waals surface area contributed by atoms with Crippen molar-refractivity contribution in [3.05, 3.63) is 28.9 Å². The molecule has 0 spiro atoms. The highest BCUT2D eigenvalue weighted by Gasteiger charge is 2.05. The summed E-state index contributed by atoms with van der Waals surface area (Å²) in [4.78, 5) is 4.28. The summed E-state index contributed by atoms with van der Waals surface area (Å²) in [6, 6.07) is 5.97. The lowest BCUT2D eigenvalue weighted by Crippen LogP contribution is -2.02. The Morgan fingerprint density at radius 1 is 1.47 bits per heavy atom. The van der Waals surface area contributed by atoms with Crippen molar-refractivity contribution < 1.29 is 0 Å².